The van der Waals surface area contributed by atoms with E-state index in [4.69, 9.17) is 0 Å². The van der Waals surface area contributed by atoms with E-state index in [1.165, 1.54) is 11.3 Å². The lowest BCUT2D eigenvalue weighted by atomic mass is 10.1. The number of H-pyrrole nitrogens is 2. The zero-order valence-electron chi connectivity index (χ0n) is 15.0. The molecule has 2 heterocycles. The fraction of sp³-hybridized carbons (Fsp3) is 0.158. The van der Waals surface area contributed by atoms with E-state index in [1.54, 1.807) is 43.3 Å². The summed E-state index contributed by atoms with van der Waals surface area (Å²) < 4.78 is 0. The predicted octanol–water partition coefficient (Wildman–Crippen LogP) is 2.26. The summed E-state index contributed by atoms with van der Waals surface area (Å²) in [7, 11) is 0. The molecule has 0 radical (unpaired) electrons. The molecule has 2 aromatic heterocycles. The van der Waals surface area contributed by atoms with E-state index in [-0.39, 0.29) is 24.7 Å². The molecule has 0 aliphatic heterocycles. The molecule has 4 N–H and O–H groups in total. The molecule has 0 atom stereocenters. The second-order valence-corrected chi connectivity index (χ2v) is 7.02. The van der Waals surface area contributed by atoms with Gasteiger partial charge in [0.05, 0.1) is 4.88 Å². The van der Waals surface area contributed by atoms with Crippen molar-refractivity contribution in [3.8, 4) is 0 Å². The van der Waals surface area contributed by atoms with Crippen molar-refractivity contribution in [3.63, 3.8) is 0 Å². The summed E-state index contributed by atoms with van der Waals surface area (Å²) in [5, 5.41) is 7.34. The van der Waals surface area contributed by atoms with Crippen LogP contribution >= 0.6 is 11.3 Å². The third kappa shape index (κ3) is 4.83. The maximum absolute atomic E-state index is 12.2. The molecule has 8 nitrogen and oxygen atoms in total. The summed E-state index contributed by atoms with van der Waals surface area (Å²) in [6.07, 6.45) is 0.264. The largest absolute Gasteiger partial charge is 0.326 e. The molecule has 3 aromatic rings. The number of carbonyl (C=O) groups is 2. The van der Waals surface area contributed by atoms with Gasteiger partial charge in [-0.3, -0.25) is 19.4 Å². The van der Waals surface area contributed by atoms with E-state index in [0.717, 1.165) is 0 Å². The lowest BCUT2D eigenvalue weighted by Gasteiger charge is -2.09. The highest BCUT2D eigenvalue weighted by Gasteiger charge is 2.11. The van der Waals surface area contributed by atoms with Crippen molar-refractivity contribution < 1.29 is 9.59 Å². The number of aromatic nitrogens is 2. The molecule has 0 saturated carbocycles. The van der Waals surface area contributed by atoms with Gasteiger partial charge in [-0.15, -0.1) is 11.3 Å². The minimum absolute atomic E-state index is 0.0712. The Labute approximate surface area is 163 Å². The Morgan fingerprint density at radius 2 is 1.79 bits per heavy atom. The maximum atomic E-state index is 12.2. The average Bonchev–Trinajstić information content (AvgIpc) is 3.16. The average molecular weight is 398 g/mol. The molecule has 0 saturated heterocycles. The van der Waals surface area contributed by atoms with Crippen LogP contribution in [0, 0.1) is 6.92 Å². The Kier molecular flexibility index (Phi) is 5.85. The first-order valence-corrected chi connectivity index (χ1v) is 9.37. The smallest absolute Gasteiger partial charge is 0.325 e. The van der Waals surface area contributed by atoms with Gasteiger partial charge >= 0.3 is 5.69 Å². The summed E-state index contributed by atoms with van der Waals surface area (Å²) in [6.45, 7) is 1.61. The lowest BCUT2D eigenvalue weighted by molar-refractivity contribution is -0.116. The van der Waals surface area contributed by atoms with Gasteiger partial charge in [0.1, 0.15) is 0 Å². The summed E-state index contributed by atoms with van der Waals surface area (Å²) in [4.78, 5) is 52.6. The number of aryl methyl sites for hydroxylation is 1. The second kappa shape index (κ2) is 8.49. The van der Waals surface area contributed by atoms with Crippen LogP contribution in [0.1, 0.15) is 27.3 Å². The van der Waals surface area contributed by atoms with Crippen LogP contribution < -0.4 is 21.9 Å². The standard InChI is InChI=1S/C19H18N4O4S/c1-11-14(17(25)23-19(27)20-11)7-8-16(24)21-12-4-2-5-13(10-12)22-18(26)15-6-3-9-28-15/h2-6,9-10H,7-8H2,1H3,(H,21,24)(H,22,26)(H2,20,23,25,27). The fourth-order valence-electron chi connectivity index (χ4n) is 2.66. The topological polar surface area (TPSA) is 124 Å². The first kappa shape index (κ1) is 19.3. The monoisotopic (exact) mass is 398 g/mol. The van der Waals surface area contributed by atoms with E-state index in [0.29, 0.717) is 27.5 Å². The molecular formula is C19H18N4O4S. The van der Waals surface area contributed by atoms with Gasteiger partial charge in [0.15, 0.2) is 0 Å². The number of hydrogen-bond acceptors (Lipinski definition) is 5. The van der Waals surface area contributed by atoms with Crippen molar-refractivity contribution in [2.45, 2.75) is 19.8 Å². The molecule has 0 bridgehead atoms. The van der Waals surface area contributed by atoms with Crippen LogP contribution in [-0.4, -0.2) is 21.8 Å². The molecule has 0 aliphatic rings. The summed E-state index contributed by atoms with van der Waals surface area (Å²) in [5.74, 6) is -0.502. The number of rotatable bonds is 6. The minimum Gasteiger partial charge on any atom is -0.326 e. The van der Waals surface area contributed by atoms with Crippen molar-refractivity contribution in [2.75, 3.05) is 10.6 Å². The lowest BCUT2D eigenvalue weighted by Crippen LogP contribution is -2.27. The molecule has 28 heavy (non-hydrogen) atoms. The fourth-order valence-corrected chi connectivity index (χ4v) is 3.28. The molecule has 144 valence electrons. The minimum atomic E-state index is -0.572. The van der Waals surface area contributed by atoms with E-state index in [9.17, 15) is 19.2 Å². The van der Waals surface area contributed by atoms with Gasteiger partial charge in [-0.1, -0.05) is 12.1 Å². The third-order valence-electron chi connectivity index (χ3n) is 4.01. The highest BCUT2D eigenvalue weighted by Crippen LogP contribution is 2.18. The van der Waals surface area contributed by atoms with Crippen molar-refractivity contribution in [3.05, 3.63) is 78.8 Å². The molecular weight excluding hydrogens is 380 g/mol. The summed E-state index contributed by atoms with van der Waals surface area (Å²) in [6, 6.07) is 10.3. The van der Waals surface area contributed by atoms with Crippen LogP contribution in [0.25, 0.3) is 0 Å². The summed E-state index contributed by atoms with van der Waals surface area (Å²) >= 11 is 1.34. The number of benzene rings is 1. The number of nitrogens with one attached hydrogen (secondary N) is 4. The number of hydrogen-bond donors (Lipinski definition) is 4. The molecule has 0 fully saturated rings. The Hall–Kier alpha value is -3.46. The molecule has 2 amide bonds. The summed E-state index contributed by atoms with van der Waals surface area (Å²) in [5.41, 5.74) is 0.834. The van der Waals surface area contributed by atoms with E-state index >= 15 is 0 Å². The van der Waals surface area contributed by atoms with Crippen LogP contribution in [0.5, 0.6) is 0 Å². The van der Waals surface area contributed by atoms with Crippen molar-refractivity contribution >= 4 is 34.5 Å². The highest BCUT2D eigenvalue weighted by atomic mass is 32.1. The van der Waals surface area contributed by atoms with Gasteiger partial charge in [0, 0.05) is 29.1 Å². The Morgan fingerprint density at radius 1 is 1.04 bits per heavy atom. The number of anilines is 2. The van der Waals surface area contributed by atoms with Crippen molar-refractivity contribution in [2.24, 2.45) is 0 Å². The van der Waals surface area contributed by atoms with Crippen molar-refractivity contribution in [1.29, 1.82) is 0 Å². The van der Waals surface area contributed by atoms with Gasteiger partial charge in [0.2, 0.25) is 5.91 Å². The van der Waals surface area contributed by atoms with Crippen LogP contribution in [0.2, 0.25) is 0 Å². The maximum Gasteiger partial charge on any atom is 0.325 e. The van der Waals surface area contributed by atoms with Gasteiger partial charge in [0.25, 0.3) is 11.5 Å². The van der Waals surface area contributed by atoms with Gasteiger partial charge < -0.3 is 15.6 Å². The quantitative estimate of drug-likeness (QED) is 0.508. The second-order valence-electron chi connectivity index (χ2n) is 6.07. The molecule has 0 unspecified atom stereocenters. The van der Waals surface area contributed by atoms with Crippen LogP contribution in [0.4, 0.5) is 11.4 Å². The van der Waals surface area contributed by atoms with E-state index in [2.05, 4.69) is 20.6 Å². The Balaban J connectivity index is 1.61. The van der Waals surface area contributed by atoms with E-state index < -0.39 is 11.2 Å². The Bertz CT molecular complexity index is 1120. The van der Waals surface area contributed by atoms with Crippen LogP contribution in [0.3, 0.4) is 0 Å². The molecule has 9 heteroatoms. The number of thiophene rings is 1. The molecule has 3 rings (SSSR count). The van der Waals surface area contributed by atoms with Gasteiger partial charge in [-0.25, -0.2) is 4.79 Å². The first-order valence-electron chi connectivity index (χ1n) is 8.49. The predicted molar refractivity (Wildman–Crippen MR) is 108 cm³/mol. The Morgan fingerprint density at radius 3 is 2.46 bits per heavy atom. The zero-order chi connectivity index (χ0) is 20.1. The first-order chi connectivity index (χ1) is 13.4. The number of carbonyl (C=O) groups excluding carboxylic acids is 2. The van der Waals surface area contributed by atoms with Gasteiger partial charge in [-0.2, -0.15) is 0 Å². The van der Waals surface area contributed by atoms with Crippen LogP contribution in [-0.2, 0) is 11.2 Å². The van der Waals surface area contributed by atoms with Gasteiger partial charge in [-0.05, 0) is 43.0 Å². The highest BCUT2D eigenvalue weighted by molar-refractivity contribution is 7.12. The molecule has 0 spiro atoms. The van der Waals surface area contributed by atoms with Crippen molar-refractivity contribution in [1.82, 2.24) is 9.97 Å². The number of aromatic amines is 2. The number of amides is 2. The third-order valence-corrected chi connectivity index (χ3v) is 4.87. The SMILES string of the molecule is Cc1[nH]c(=O)[nH]c(=O)c1CCC(=O)Nc1cccc(NC(=O)c2cccs2)c1. The normalized spacial score (nSPS) is 10.5. The molecule has 0 aliphatic carbocycles. The zero-order valence-corrected chi connectivity index (χ0v) is 15.8. The van der Waals surface area contributed by atoms with E-state index in [1.807, 2.05) is 5.38 Å². The molecule has 1 aromatic carbocycles. The van der Waals surface area contributed by atoms with Crippen LogP contribution in [0.15, 0.2) is 51.4 Å².